The Bertz CT molecular complexity index is 820. The summed E-state index contributed by atoms with van der Waals surface area (Å²) < 4.78 is 5.62. The molecule has 0 radical (unpaired) electrons. The van der Waals surface area contributed by atoms with Crippen LogP contribution in [0.25, 0.3) is 0 Å². The highest BCUT2D eigenvalue weighted by atomic mass is 35.5. The molecule has 0 aliphatic carbocycles. The highest BCUT2D eigenvalue weighted by Crippen LogP contribution is 2.37. The number of esters is 1. The number of amides is 1. The van der Waals surface area contributed by atoms with E-state index in [0.29, 0.717) is 14.9 Å². The molecule has 1 N–H and O–H groups in total. The van der Waals surface area contributed by atoms with Crippen LogP contribution < -0.4 is 5.32 Å². The minimum atomic E-state index is -0.388. The van der Waals surface area contributed by atoms with Crippen molar-refractivity contribution < 1.29 is 14.3 Å². The van der Waals surface area contributed by atoms with E-state index in [1.165, 1.54) is 29.8 Å². The molecule has 5 nitrogen and oxygen atoms in total. The van der Waals surface area contributed by atoms with Crippen LogP contribution in [0, 0.1) is 0 Å². The van der Waals surface area contributed by atoms with Crippen molar-refractivity contribution in [3.8, 4) is 0 Å². The molecule has 1 aliphatic rings. The Hall–Kier alpha value is -1.12. The van der Waals surface area contributed by atoms with E-state index >= 15 is 0 Å². The minimum Gasteiger partial charge on any atom is -0.465 e. The van der Waals surface area contributed by atoms with Crippen LogP contribution >= 0.6 is 46.7 Å². The van der Waals surface area contributed by atoms with Gasteiger partial charge < -0.3 is 10.1 Å². The van der Waals surface area contributed by atoms with Crippen molar-refractivity contribution in [2.45, 2.75) is 32.7 Å². The normalized spacial score (nSPS) is 13.6. The molecule has 3 heterocycles. The maximum atomic E-state index is 12.4. The summed E-state index contributed by atoms with van der Waals surface area (Å²) in [5, 5.41) is 3.50. The van der Waals surface area contributed by atoms with Crippen LogP contribution in [0.1, 0.15) is 39.0 Å². The number of thiophene rings is 2. The van der Waals surface area contributed by atoms with Gasteiger partial charge in [-0.2, -0.15) is 0 Å². The summed E-state index contributed by atoms with van der Waals surface area (Å²) in [5.41, 5.74) is 1.53. The van der Waals surface area contributed by atoms with Gasteiger partial charge in [0.1, 0.15) is 5.00 Å². The van der Waals surface area contributed by atoms with Gasteiger partial charge in [0.2, 0.25) is 5.91 Å². The molecule has 0 atom stereocenters. The summed E-state index contributed by atoms with van der Waals surface area (Å²) >= 11 is 8.79. The average molecular weight is 449 g/mol. The maximum absolute atomic E-state index is 12.4. The lowest BCUT2D eigenvalue weighted by Crippen LogP contribution is -2.30. The number of nitrogens with zero attached hydrogens (tertiary/aromatic N) is 1. The number of nitrogens with one attached hydrogen (secondary N) is 1. The third-order valence-electron chi connectivity index (χ3n) is 4.28. The Morgan fingerprint density at radius 3 is 2.74 bits per heavy atom. The molecule has 9 heteroatoms. The number of carbonyl (C=O) groups excluding carboxylic acids is 2. The Labute approximate surface area is 178 Å². The van der Waals surface area contributed by atoms with E-state index in [9.17, 15) is 9.59 Å². The SMILES string of the molecule is CCCN1CCc2c(sc(NC(=O)Cc3ccc(Cl)s3)c2C(=O)OC)C1.Cl. The lowest BCUT2D eigenvalue weighted by atomic mass is 10.0. The van der Waals surface area contributed by atoms with E-state index in [1.54, 1.807) is 6.07 Å². The quantitative estimate of drug-likeness (QED) is 0.654. The Balaban J connectivity index is 0.00000261. The van der Waals surface area contributed by atoms with E-state index in [-0.39, 0.29) is 30.7 Å². The molecule has 148 valence electrons. The minimum absolute atomic E-state index is 0. The molecule has 27 heavy (non-hydrogen) atoms. The number of ether oxygens (including phenoxy) is 1. The number of carbonyl (C=O) groups is 2. The van der Waals surface area contributed by atoms with Gasteiger partial charge in [0, 0.05) is 22.8 Å². The lowest BCUT2D eigenvalue weighted by molar-refractivity contribution is -0.115. The summed E-state index contributed by atoms with van der Waals surface area (Å²) in [5.74, 6) is -0.543. The predicted octanol–water partition coefficient (Wildman–Crippen LogP) is 4.62. The first-order chi connectivity index (χ1) is 12.5. The van der Waals surface area contributed by atoms with Crippen LogP contribution in [0.15, 0.2) is 12.1 Å². The summed E-state index contributed by atoms with van der Waals surface area (Å²) in [6.07, 6.45) is 2.13. The van der Waals surface area contributed by atoms with Gasteiger partial charge in [0.15, 0.2) is 0 Å². The first-order valence-electron chi connectivity index (χ1n) is 8.51. The first-order valence-corrected chi connectivity index (χ1v) is 10.5. The molecule has 0 unspecified atom stereocenters. The Kier molecular flexibility index (Phi) is 8.12. The molecular formula is C18H22Cl2N2O3S2. The maximum Gasteiger partial charge on any atom is 0.341 e. The average Bonchev–Trinajstić information content (AvgIpc) is 3.16. The van der Waals surface area contributed by atoms with Crippen molar-refractivity contribution >= 4 is 63.6 Å². The zero-order valence-electron chi connectivity index (χ0n) is 15.2. The van der Waals surface area contributed by atoms with Crippen LogP contribution in [-0.4, -0.2) is 37.0 Å². The molecule has 0 aromatic carbocycles. The number of anilines is 1. The number of methoxy groups -OCH3 is 1. The van der Waals surface area contributed by atoms with E-state index in [1.807, 2.05) is 6.07 Å². The van der Waals surface area contributed by atoms with Crippen molar-refractivity contribution in [2.24, 2.45) is 0 Å². The largest absolute Gasteiger partial charge is 0.465 e. The van der Waals surface area contributed by atoms with Crippen molar-refractivity contribution in [3.05, 3.63) is 37.4 Å². The number of rotatable bonds is 6. The Morgan fingerprint density at radius 2 is 2.11 bits per heavy atom. The van der Waals surface area contributed by atoms with Gasteiger partial charge in [0.05, 0.1) is 23.4 Å². The third kappa shape index (κ3) is 5.23. The summed E-state index contributed by atoms with van der Waals surface area (Å²) in [6, 6.07) is 3.62. The fourth-order valence-corrected chi connectivity index (χ4v) is 5.53. The standard InChI is InChI=1S/C18H21ClN2O3S2.ClH/c1-3-7-21-8-6-12-13(10-21)26-17(16(12)18(23)24-2)20-15(22)9-11-4-5-14(19)25-11;/h4-5H,3,6-10H2,1-2H3,(H,20,22);1H. The van der Waals surface area contributed by atoms with Crippen LogP contribution in [0.4, 0.5) is 5.00 Å². The van der Waals surface area contributed by atoms with Gasteiger partial charge in [-0.1, -0.05) is 18.5 Å². The van der Waals surface area contributed by atoms with E-state index in [4.69, 9.17) is 16.3 Å². The smallest absolute Gasteiger partial charge is 0.341 e. The number of hydrogen-bond donors (Lipinski definition) is 1. The van der Waals surface area contributed by atoms with E-state index in [2.05, 4.69) is 17.1 Å². The van der Waals surface area contributed by atoms with E-state index < -0.39 is 0 Å². The fraction of sp³-hybridized carbons (Fsp3) is 0.444. The van der Waals surface area contributed by atoms with Crippen LogP contribution in [0.2, 0.25) is 4.34 Å². The van der Waals surface area contributed by atoms with Crippen molar-refractivity contribution in [3.63, 3.8) is 0 Å². The number of hydrogen-bond acceptors (Lipinski definition) is 6. The molecule has 0 fully saturated rings. The molecular weight excluding hydrogens is 427 g/mol. The van der Waals surface area contributed by atoms with Gasteiger partial charge in [-0.3, -0.25) is 9.69 Å². The second-order valence-corrected chi connectivity index (χ2v) is 9.06. The lowest BCUT2D eigenvalue weighted by Gasteiger charge is -2.26. The number of fused-ring (bicyclic) bond motifs is 1. The molecule has 0 saturated heterocycles. The molecule has 0 spiro atoms. The highest BCUT2D eigenvalue weighted by Gasteiger charge is 2.29. The predicted molar refractivity (Wildman–Crippen MR) is 114 cm³/mol. The summed E-state index contributed by atoms with van der Waals surface area (Å²) in [7, 11) is 1.37. The summed E-state index contributed by atoms with van der Waals surface area (Å²) in [6.45, 7) is 4.93. The number of halogens is 2. The topological polar surface area (TPSA) is 58.6 Å². The Morgan fingerprint density at radius 1 is 1.33 bits per heavy atom. The van der Waals surface area contributed by atoms with Crippen molar-refractivity contribution in [2.75, 3.05) is 25.5 Å². The van der Waals surface area contributed by atoms with Crippen molar-refractivity contribution in [1.82, 2.24) is 4.90 Å². The molecule has 2 aromatic rings. The zero-order valence-corrected chi connectivity index (χ0v) is 18.4. The molecule has 1 amide bonds. The zero-order chi connectivity index (χ0) is 18.7. The molecule has 0 bridgehead atoms. The molecule has 3 rings (SSSR count). The fourth-order valence-electron chi connectivity index (χ4n) is 3.15. The van der Waals surface area contributed by atoms with Gasteiger partial charge >= 0.3 is 5.97 Å². The van der Waals surface area contributed by atoms with Gasteiger partial charge in [0.25, 0.3) is 0 Å². The van der Waals surface area contributed by atoms with E-state index in [0.717, 1.165) is 47.8 Å². The highest BCUT2D eigenvalue weighted by molar-refractivity contribution is 7.17. The second kappa shape index (κ2) is 9.89. The van der Waals surface area contributed by atoms with Gasteiger partial charge in [-0.15, -0.1) is 35.1 Å². The molecule has 2 aromatic heterocycles. The third-order valence-corrected chi connectivity index (χ3v) is 6.65. The van der Waals surface area contributed by atoms with Crippen LogP contribution in [0.5, 0.6) is 0 Å². The van der Waals surface area contributed by atoms with Gasteiger partial charge in [-0.25, -0.2) is 4.79 Å². The molecule has 0 saturated carbocycles. The summed E-state index contributed by atoms with van der Waals surface area (Å²) in [4.78, 5) is 29.2. The van der Waals surface area contributed by atoms with Crippen LogP contribution in [-0.2, 0) is 28.9 Å². The molecule has 1 aliphatic heterocycles. The second-order valence-electron chi connectivity index (χ2n) is 6.16. The van der Waals surface area contributed by atoms with Gasteiger partial charge in [-0.05, 0) is 37.1 Å². The first kappa shape index (κ1) is 22.2. The van der Waals surface area contributed by atoms with Crippen LogP contribution in [0.3, 0.4) is 0 Å². The monoisotopic (exact) mass is 448 g/mol. The van der Waals surface area contributed by atoms with Crippen molar-refractivity contribution in [1.29, 1.82) is 0 Å².